The van der Waals surface area contributed by atoms with Crippen molar-refractivity contribution in [2.45, 2.75) is 12.5 Å². The summed E-state index contributed by atoms with van der Waals surface area (Å²) in [7, 11) is 3.09. The molecule has 7 heteroatoms. The van der Waals surface area contributed by atoms with Gasteiger partial charge in [0.05, 0.1) is 32.0 Å². The number of carbonyl (C=O) groups is 2. The number of nitrogens with zero attached hydrogens (tertiary/aromatic N) is 1. The van der Waals surface area contributed by atoms with Crippen molar-refractivity contribution >= 4 is 34.8 Å². The predicted octanol–water partition coefficient (Wildman–Crippen LogP) is 3.10. The van der Waals surface area contributed by atoms with Crippen LogP contribution in [0.5, 0.6) is 11.5 Å². The van der Waals surface area contributed by atoms with Crippen molar-refractivity contribution in [3.05, 3.63) is 47.5 Å². The second-order valence-electron chi connectivity index (χ2n) is 5.51. The van der Waals surface area contributed by atoms with Gasteiger partial charge >= 0.3 is 0 Å². The lowest BCUT2D eigenvalue weighted by Gasteiger charge is -2.17. The monoisotopic (exact) mass is 360 g/mol. The molecule has 0 aromatic heterocycles. The molecule has 1 unspecified atom stereocenters. The fourth-order valence-electron chi connectivity index (χ4n) is 2.71. The number of nitrogens with one attached hydrogen (secondary N) is 1. The first-order valence-electron chi connectivity index (χ1n) is 7.64. The van der Waals surface area contributed by atoms with E-state index >= 15 is 0 Å². The number of anilines is 2. The standard InChI is InChI=1S/C18H17ClN2O4/c1-24-13-7-8-14(16(9-13)25-2)20-15-10-17(22)21(18(15)23)12-5-3-11(19)4-6-12/h3-9,15,20H,10H2,1-2H3. The van der Waals surface area contributed by atoms with Crippen LogP contribution in [-0.2, 0) is 9.59 Å². The Morgan fingerprint density at radius 2 is 1.80 bits per heavy atom. The van der Waals surface area contributed by atoms with Gasteiger partial charge in [0.1, 0.15) is 17.5 Å². The largest absolute Gasteiger partial charge is 0.497 e. The molecule has 130 valence electrons. The van der Waals surface area contributed by atoms with Gasteiger partial charge in [0.15, 0.2) is 0 Å². The van der Waals surface area contributed by atoms with E-state index in [-0.39, 0.29) is 18.2 Å². The minimum Gasteiger partial charge on any atom is -0.497 e. The van der Waals surface area contributed by atoms with Gasteiger partial charge in [-0.3, -0.25) is 9.59 Å². The summed E-state index contributed by atoms with van der Waals surface area (Å²) in [5.74, 6) is 0.589. The van der Waals surface area contributed by atoms with Crippen LogP contribution in [0.25, 0.3) is 0 Å². The smallest absolute Gasteiger partial charge is 0.256 e. The molecule has 0 spiro atoms. The van der Waals surface area contributed by atoms with E-state index in [9.17, 15) is 9.59 Å². The van der Waals surface area contributed by atoms with Crippen molar-refractivity contribution in [3.63, 3.8) is 0 Å². The average molecular weight is 361 g/mol. The fraction of sp³-hybridized carbons (Fsp3) is 0.222. The minimum atomic E-state index is -0.662. The molecule has 1 aliphatic heterocycles. The minimum absolute atomic E-state index is 0.0661. The van der Waals surface area contributed by atoms with Crippen molar-refractivity contribution < 1.29 is 19.1 Å². The molecule has 2 amide bonds. The third kappa shape index (κ3) is 3.39. The Morgan fingerprint density at radius 1 is 1.08 bits per heavy atom. The first kappa shape index (κ1) is 17.1. The Bertz CT molecular complexity index is 807. The van der Waals surface area contributed by atoms with Crippen LogP contribution in [-0.4, -0.2) is 32.1 Å². The highest BCUT2D eigenvalue weighted by atomic mass is 35.5. The van der Waals surface area contributed by atoms with Crippen LogP contribution in [0.4, 0.5) is 11.4 Å². The van der Waals surface area contributed by atoms with Crippen LogP contribution in [0, 0.1) is 0 Å². The van der Waals surface area contributed by atoms with E-state index < -0.39 is 6.04 Å². The summed E-state index contributed by atoms with van der Waals surface area (Å²) < 4.78 is 10.5. The summed E-state index contributed by atoms with van der Waals surface area (Å²) in [5.41, 5.74) is 1.12. The van der Waals surface area contributed by atoms with Crippen molar-refractivity contribution in [2.24, 2.45) is 0 Å². The number of carbonyl (C=O) groups excluding carboxylic acids is 2. The molecule has 1 atom stereocenters. The zero-order chi connectivity index (χ0) is 18.0. The SMILES string of the molecule is COc1ccc(NC2CC(=O)N(c3ccc(Cl)cc3)C2=O)c(OC)c1. The summed E-state index contributed by atoms with van der Waals surface area (Å²) in [4.78, 5) is 26.1. The zero-order valence-electron chi connectivity index (χ0n) is 13.8. The zero-order valence-corrected chi connectivity index (χ0v) is 14.5. The molecular weight excluding hydrogens is 344 g/mol. The number of benzene rings is 2. The highest BCUT2D eigenvalue weighted by molar-refractivity contribution is 6.30. The maximum atomic E-state index is 12.7. The van der Waals surface area contributed by atoms with Crippen molar-refractivity contribution in [1.29, 1.82) is 0 Å². The quantitative estimate of drug-likeness (QED) is 0.830. The summed E-state index contributed by atoms with van der Waals surface area (Å²) in [6, 6.07) is 11.1. The lowest BCUT2D eigenvalue weighted by atomic mass is 10.2. The van der Waals surface area contributed by atoms with Crippen LogP contribution in [0.15, 0.2) is 42.5 Å². The number of amides is 2. The maximum Gasteiger partial charge on any atom is 0.256 e. The van der Waals surface area contributed by atoms with Gasteiger partial charge in [0, 0.05) is 11.1 Å². The highest BCUT2D eigenvalue weighted by Crippen LogP contribution is 2.32. The molecule has 0 radical (unpaired) electrons. The number of ether oxygens (including phenoxy) is 2. The number of rotatable bonds is 5. The Morgan fingerprint density at radius 3 is 2.44 bits per heavy atom. The Labute approximate surface area is 150 Å². The number of hydrogen-bond acceptors (Lipinski definition) is 5. The van der Waals surface area contributed by atoms with Gasteiger partial charge in [0.2, 0.25) is 5.91 Å². The molecule has 3 rings (SSSR count). The third-order valence-electron chi connectivity index (χ3n) is 3.97. The van der Waals surface area contributed by atoms with Crippen LogP contribution in [0.1, 0.15) is 6.42 Å². The lowest BCUT2D eigenvalue weighted by Crippen LogP contribution is -2.34. The van der Waals surface area contributed by atoms with Gasteiger partial charge in [-0.15, -0.1) is 0 Å². The second-order valence-corrected chi connectivity index (χ2v) is 5.95. The maximum absolute atomic E-state index is 12.7. The molecule has 1 heterocycles. The average Bonchev–Trinajstić information content (AvgIpc) is 2.90. The molecule has 25 heavy (non-hydrogen) atoms. The molecule has 0 saturated carbocycles. The molecule has 2 aromatic carbocycles. The van der Waals surface area contributed by atoms with E-state index in [4.69, 9.17) is 21.1 Å². The first-order chi connectivity index (χ1) is 12.0. The van der Waals surface area contributed by atoms with E-state index in [2.05, 4.69) is 5.32 Å². The van der Waals surface area contributed by atoms with Crippen LogP contribution >= 0.6 is 11.6 Å². The molecule has 1 fully saturated rings. The van der Waals surface area contributed by atoms with Gasteiger partial charge < -0.3 is 14.8 Å². The van der Waals surface area contributed by atoms with Gasteiger partial charge in [-0.2, -0.15) is 0 Å². The fourth-order valence-corrected chi connectivity index (χ4v) is 2.84. The Hall–Kier alpha value is -2.73. The van der Waals surface area contributed by atoms with Gasteiger partial charge in [-0.05, 0) is 36.4 Å². The number of imide groups is 1. The van der Waals surface area contributed by atoms with Crippen LogP contribution in [0.3, 0.4) is 0 Å². The van der Waals surface area contributed by atoms with Crippen molar-refractivity contribution in [2.75, 3.05) is 24.4 Å². The van der Waals surface area contributed by atoms with E-state index in [0.717, 1.165) is 0 Å². The molecular formula is C18H17ClN2O4. The number of halogens is 1. The topological polar surface area (TPSA) is 67.9 Å². The van der Waals surface area contributed by atoms with Crippen LogP contribution < -0.4 is 19.7 Å². The van der Waals surface area contributed by atoms with Gasteiger partial charge in [-0.1, -0.05) is 11.6 Å². The van der Waals surface area contributed by atoms with Crippen LogP contribution in [0.2, 0.25) is 5.02 Å². The molecule has 0 aliphatic carbocycles. The van der Waals surface area contributed by atoms with Crippen molar-refractivity contribution in [3.8, 4) is 11.5 Å². The van der Waals surface area contributed by atoms with Gasteiger partial charge in [0.25, 0.3) is 5.91 Å². The summed E-state index contributed by atoms with van der Waals surface area (Å²) in [5, 5.41) is 3.63. The molecule has 1 aliphatic rings. The third-order valence-corrected chi connectivity index (χ3v) is 4.22. The molecule has 2 aromatic rings. The van der Waals surface area contributed by atoms with E-state index in [1.54, 1.807) is 49.6 Å². The lowest BCUT2D eigenvalue weighted by molar-refractivity contribution is -0.121. The number of methoxy groups -OCH3 is 2. The van der Waals surface area contributed by atoms with E-state index in [1.807, 2.05) is 0 Å². The molecule has 0 bridgehead atoms. The van der Waals surface area contributed by atoms with Crippen molar-refractivity contribution in [1.82, 2.24) is 0 Å². The molecule has 6 nitrogen and oxygen atoms in total. The Kier molecular flexibility index (Phi) is 4.81. The summed E-state index contributed by atoms with van der Waals surface area (Å²) in [6.45, 7) is 0. The number of hydrogen-bond donors (Lipinski definition) is 1. The van der Waals surface area contributed by atoms with E-state index in [1.165, 1.54) is 12.0 Å². The molecule has 1 saturated heterocycles. The molecule has 1 N–H and O–H groups in total. The highest BCUT2D eigenvalue weighted by Gasteiger charge is 2.39. The Balaban J connectivity index is 1.82. The predicted molar refractivity (Wildman–Crippen MR) is 95.5 cm³/mol. The van der Waals surface area contributed by atoms with E-state index in [0.29, 0.717) is 27.9 Å². The summed E-state index contributed by atoms with van der Waals surface area (Å²) >= 11 is 5.86. The summed E-state index contributed by atoms with van der Waals surface area (Å²) in [6.07, 6.45) is 0.0661. The van der Waals surface area contributed by atoms with Gasteiger partial charge in [-0.25, -0.2) is 4.90 Å². The first-order valence-corrected chi connectivity index (χ1v) is 8.02. The second kappa shape index (κ2) is 7.03. The normalized spacial score (nSPS) is 16.9.